The summed E-state index contributed by atoms with van der Waals surface area (Å²) in [5, 5.41) is 0.936. The molecule has 1 aliphatic heterocycles. The molecule has 2 aromatic rings. The SMILES string of the molecule is CCCC(=O)N1CCN(C(=O)C(NC(=O)c2ccccc2)S(=O)(=O)c2ccc(Cl)cc2)CC1. The van der Waals surface area contributed by atoms with E-state index < -0.39 is 27.0 Å². The lowest BCUT2D eigenvalue weighted by atomic mass is 10.2. The van der Waals surface area contributed by atoms with Gasteiger partial charge in [0.05, 0.1) is 4.90 Å². The quantitative estimate of drug-likeness (QED) is 0.640. The van der Waals surface area contributed by atoms with Gasteiger partial charge < -0.3 is 15.1 Å². The Morgan fingerprint density at radius 2 is 1.52 bits per heavy atom. The zero-order chi connectivity index (χ0) is 24.0. The van der Waals surface area contributed by atoms with Crippen LogP contribution in [0, 0.1) is 0 Å². The Kier molecular flexibility index (Phi) is 8.10. The number of piperazine rings is 1. The molecule has 0 spiro atoms. The molecule has 8 nitrogen and oxygen atoms in total. The van der Waals surface area contributed by atoms with Gasteiger partial charge in [-0.2, -0.15) is 0 Å². The topological polar surface area (TPSA) is 104 Å². The van der Waals surface area contributed by atoms with Gasteiger partial charge in [0.1, 0.15) is 0 Å². The van der Waals surface area contributed by atoms with E-state index in [1.807, 2.05) is 6.92 Å². The largest absolute Gasteiger partial charge is 0.339 e. The van der Waals surface area contributed by atoms with Crippen molar-refractivity contribution in [3.63, 3.8) is 0 Å². The number of amides is 3. The zero-order valence-corrected chi connectivity index (χ0v) is 19.8. The number of benzene rings is 2. The smallest absolute Gasteiger partial charge is 0.261 e. The van der Waals surface area contributed by atoms with E-state index in [4.69, 9.17) is 11.6 Å². The normalized spacial score (nSPS) is 15.1. The minimum atomic E-state index is -4.27. The summed E-state index contributed by atoms with van der Waals surface area (Å²) in [6.07, 6.45) is 1.15. The van der Waals surface area contributed by atoms with Gasteiger partial charge in [-0.3, -0.25) is 14.4 Å². The predicted molar refractivity (Wildman–Crippen MR) is 124 cm³/mol. The van der Waals surface area contributed by atoms with E-state index in [2.05, 4.69) is 5.32 Å². The fraction of sp³-hybridized carbons (Fsp3) is 0.348. The highest BCUT2D eigenvalue weighted by atomic mass is 35.5. The zero-order valence-electron chi connectivity index (χ0n) is 18.2. The molecule has 33 heavy (non-hydrogen) atoms. The summed E-state index contributed by atoms with van der Waals surface area (Å²) >= 11 is 5.88. The fourth-order valence-corrected chi connectivity index (χ4v) is 5.13. The van der Waals surface area contributed by atoms with E-state index in [-0.39, 0.29) is 29.5 Å². The highest BCUT2D eigenvalue weighted by Gasteiger charge is 2.39. The Balaban J connectivity index is 1.85. The molecular weight excluding hydrogens is 466 g/mol. The lowest BCUT2D eigenvalue weighted by molar-refractivity contribution is -0.139. The van der Waals surface area contributed by atoms with Gasteiger partial charge in [0.25, 0.3) is 11.8 Å². The van der Waals surface area contributed by atoms with Crippen LogP contribution in [0.15, 0.2) is 59.5 Å². The van der Waals surface area contributed by atoms with Gasteiger partial charge in [0.15, 0.2) is 0 Å². The molecule has 0 bridgehead atoms. The minimum Gasteiger partial charge on any atom is -0.339 e. The molecule has 10 heteroatoms. The molecule has 3 rings (SSSR count). The molecule has 0 saturated carbocycles. The number of sulfone groups is 1. The molecule has 1 heterocycles. The maximum absolute atomic E-state index is 13.4. The summed E-state index contributed by atoms with van der Waals surface area (Å²) in [4.78, 5) is 41.2. The first-order valence-electron chi connectivity index (χ1n) is 10.7. The summed E-state index contributed by atoms with van der Waals surface area (Å²) in [7, 11) is -4.27. The number of carbonyl (C=O) groups excluding carboxylic acids is 3. The van der Waals surface area contributed by atoms with Crippen LogP contribution in [-0.2, 0) is 19.4 Å². The number of halogens is 1. The average Bonchev–Trinajstić information content (AvgIpc) is 2.83. The third-order valence-electron chi connectivity index (χ3n) is 5.38. The van der Waals surface area contributed by atoms with E-state index in [9.17, 15) is 22.8 Å². The van der Waals surface area contributed by atoms with Crippen molar-refractivity contribution in [2.75, 3.05) is 26.2 Å². The van der Waals surface area contributed by atoms with Crippen molar-refractivity contribution < 1.29 is 22.8 Å². The van der Waals surface area contributed by atoms with Crippen molar-refractivity contribution in [2.24, 2.45) is 0 Å². The first kappa shape index (κ1) is 24.7. The second-order valence-corrected chi connectivity index (χ2v) is 10.1. The first-order chi connectivity index (χ1) is 15.7. The molecule has 1 fully saturated rings. The van der Waals surface area contributed by atoms with Crippen LogP contribution in [0.1, 0.15) is 30.1 Å². The second kappa shape index (κ2) is 10.8. The van der Waals surface area contributed by atoms with Crippen molar-refractivity contribution >= 4 is 39.2 Å². The molecule has 0 aliphatic carbocycles. The second-order valence-electron chi connectivity index (χ2n) is 7.67. The third-order valence-corrected chi connectivity index (χ3v) is 7.50. The van der Waals surface area contributed by atoms with E-state index >= 15 is 0 Å². The van der Waals surface area contributed by atoms with E-state index in [0.717, 1.165) is 6.42 Å². The van der Waals surface area contributed by atoms with Crippen LogP contribution in [0.3, 0.4) is 0 Å². The summed E-state index contributed by atoms with van der Waals surface area (Å²) < 4.78 is 26.8. The highest BCUT2D eigenvalue weighted by Crippen LogP contribution is 2.20. The molecule has 1 N–H and O–H groups in total. The van der Waals surface area contributed by atoms with Gasteiger partial charge in [-0.25, -0.2) is 8.42 Å². The van der Waals surface area contributed by atoms with Crippen molar-refractivity contribution in [3.05, 3.63) is 65.2 Å². The Morgan fingerprint density at radius 3 is 2.09 bits per heavy atom. The van der Waals surface area contributed by atoms with Crippen LogP contribution in [0.4, 0.5) is 0 Å². The van der Waals surface area contributed by atoms with Crippen molar-refractivity contribution in [1.82, 2.24) is 15.1 Å². The standard InChI is InChI=1S/C23H26ClN3O5S/c1-2-6-20(28)26-13-15-27(16-14-26)23(30)22(25-21(29)17-7-4-3-5-8-17)33(31,32)19-11-9-18(24)10-12-19/h3-5,7-12,22H,2,6,13-16H2,1H3,(H,25,29). The van der Waals surface area contributed by atoms with Crippen LogP contribution in [0.2, 0.25) is 5.02 Å². The number of carbonyl (C=O) groups is 3. The molecule has 0 aromatic heterocycles. The summed E-state index contributed by atoms with van der Waals surface area (Å²) in [5.41, 5.74) is 0.233. The van der Waals surface area contributed by atoms with Gasteiger partial charge >= 0.3 is 0 Å². The molecule has 2 aromatic carbocycles. The number of nitrogens with one attached hydrogen (secondary N) is 1. The predicted octanol–water partition coefficient (Wildman–Crippen LogP) is 2.34. The summed E-state index contributed by atoms with van der Waals surface area (Å²) in [5.74, 6) is -1.41. The van der Waals surface area contributed by atoms with Crippen LogP contribution in [0.5, 0.6) is 0 Å². The van der Waals surface area contributed by atoms with Gasteiger partial charge in [-0.05, 0) is 42.8 Å². The van der Waals surface area contributed by atoms with Gasteiger partial charge in [0, 0.05) is 43.2 Å². The van der Waals surface area contributed by atoms with Crippen molar-refractivity contribution in [1.29, 1.82) is 0 Å². The maximum atomic E-state index is 13.4. The Hall–Kier alpha value is -2.91. The lowest BCUT2D eigenvalue weighted by Crippen LogP contribution is -2.57. The van der Waals surface area contributed by atoms with E-state index in [1.165, 1.54) is 41.3 Å². The van der Waals surface area contributed by atoms with Crippen LogP contribution < -0.4 is 5.32 Å². The number of hydrogen-bond acceptors (Lipinski definition) is 5. The number of hydrogen-bond donors (Lipinski definition) is 1. The summed E-state index contributed by atoms with van der Waals surface area (Å²) in [6, 6.07) is 13.5. The van der Waals surface area contributed by atoms with Crippen molar-refractivity contribution in [2.45, 2.75) is 30.0 Å². The molecule has 1 atom stereocenters. The molecule has 1 aliphatic rings. The number of rotatable bonds is 7. The molecule has 1 saturated heterocycles. The fourth-order valence-electron chi connectivity index (χ4n) is 3.54. The monoisotopic (exact) mass is 491 g/mol. The van der Waals surface area contributed by atoms with E-state index in [0.29, 0.717) is 24.5 Å². The molecule has 3 amide bonds. The van der Waals surface area contributed by atoms with Crippen molar-refractivity contribution in [3.8, 4) is 0 Å². The Morgan fingerprint density at radius 1 is 0.939 bits per heavy atom. The van der Waals surface area contributed by atoms with Crippen LogP contribution >= 0.6 is 11.6 Å². The van der Waals surface area contributed by atoms with Gasteiger partial charge in [0.2, 0.25) is 21.1 Å². The number of nitrogens with zero attached hydrogens (tertiary/aromatic N) is 2. The van der Waals surface area contributed by atoms with Gasteiger partial charge in [-0.1, -0.05) is 36.7 Å². The van der Waals surface area contributed by atoms with E-state index in [1.54, 1.807) is 23.1 Å². The third kappa shape index (κ3) is 5.91. The summed E-state index contributed by atoms with van der Waals surface area (Å²) in [6.45, 7) is 2.90. The molecule has 176 valence electrons. The minimum absolute atomic E-state index is 0.00677. The first-order valence-corrected chi connectivity index (χ1v) is 12.6. The molecular formula is C23H26ClN3O5S. The van der Waals surface area contributed by atoms with Crippen LogP contribution in [0.25, 0.3) is 0 Å². The Labute approximate surface area is 198 Å². The average molecular weight is 492 g/mol. The Bertz CT molecular complexity index is 1100. The molecule has 1 unspecified atom stereocenters. The lowest BCUT2D eigenvalue weighted by Gasteiger charge is -2.36. The highest BCUT2D eigenvalue weighted by molar-refractivity contribution is 7.92. The molecule has 0 radical (unpaired) electrons. The maximum Gasteiger partial charge on any atom is 0.261 e. The van der Waals surface area contributed by atoms with Crippen LogP contribution in [-0.4, -0.2) is 67.5 Å². The van der Waals surface area contributed by atoms with Gasteiger partial charge in [-0.15, -0.1) is 0 Å².